The molecule has 150 valence electrons. The quantitative estimate of drug-likeness (QED) is 0.570. The van der Waals surface area contributed by atoms with Gasteiger partial charge in [0.2, 0.25) is 11.0 Å². The molecule has 29 heavy (non-hydrogen) atoms. The first-order chi connectivity index (χ1) is 14.1. The van der Waals surface area contributed by atoms with Crippen LogP contribution in [0.4, 0.5) is 10.8 Å². The second-order valence-electron chi connectivity index (χ2n) is 7.05. The Bertz CT molecular complexity index is 1000. The summed E-state index contributed by atoms with van der Waals surface area (Å²) < 4.78 is 0.805. The molecule has 4 rings (SSSR count). The Hall–Kier alpha value is -2.38. The number of rotatable bonds is 6. The molecule has 1 N–H and O–H groups in total. The molecule has 0 saturated carbocycles. The van der Waals surface area contributed by atoms with Crippen LogP contribution in [-0.2, 0) is 24.2 Å². The Kier molecular flexibility index (Phi) is 6.16. The number of hydrogen-bond donors (Lipinski definition) is 1. The normalized spacial score (nSPS) is 14.3. The van der Waals surface area contributed by atoms with E-state index in [2.05, 4.69) is 46.7 Å². The molecule has 2 heterocycles. The number of thioether (sulfide) groups is 1. The minimum absolute atomic E-state index is 0.158. The molecule has 0 aliphatic carbocycles. The van der Waals surface area contributed by atoms with Crippen LogP contribution in [0.3, 0.4) is 0 Å². The van der Waals surface area contributed by atoms with Crippen LogP contribution in [0.5, 0.6) is 0 Å². The molecule has 1 amide bonds. The Labute approximate surface area is 179 Å². The van der Waals surface area contributed by atoms with E-state index in [1.54, 1.807) is 0 Å². The van der Waals surface area contributed by atoms with Gasteiger partial charge in [0.15, 0.2) is 4.34 Å². The molecule has 0 saturated heterocycles. The maximum atomic E-state index is 12.9. The van der Waals surface area contributed by atoms with Gasteiger partial charge in [-0.2, -0.15) is 0 Å². The Morgan fingerprint density at radius 1 is 1.17 bits per heavy atom. The third-order valence-corrected chi connectivity index (χ3v) is 7.12. The van der Waals surface area contributed by atoms with Gasteiger partial charge in [0, 0.05) is 18.8 Å². The maximum Gasteiger partial charge on any atom is 0.236 e. The molecule has 0 bridgehead atoms. The monoisotopic (exact) mass is 424 g/mol. The molecule has 7 heteroatoms. The maximum absolute atomic E-state index is 12.9. The lowest BCUT2D eigenvalue weighted by molar-refractivity contribution is -0.131. The van der Waals surface area contributed by atoms with Crippen LogP contribution in [0.15, 0.2) is 52.9 Å². The van der Waals surface area contributed by atoms with Crippen molar-refractivity contribution in [3.05, 3.63) is 65.2 Å². The number of nitrogens with one attached hydrogen (secondary N) is 1. The van der Waals surface area contributed by atoms with E-state index >= 15 is 0 Å². The summed E-state index contributed by atoms with van der Waals surface area (Å²) in [6.07, 6.45) is 1.87. The van der Waals surface area contributed by atoms with Crippen molar-refractivity contribution in [1.82, 2.24) is 15.1 Å². The SMILES string of the molecule is CCc1ccccc1Nc1nnc(S[C@@H](C)C(=O)N2CCc3ccccc3C2)s1. The molecule has 0 spiro atoms. The van der Waals surface area contributed by atoms with Gasteiger partial charge in [-0.05, 0) is 42.5 Å². The molecule has 2 aromatic carbocycles. The van der Waals surface area contributed by atoms with Gasteiger partial charge in [-0.3, -0.25) is 4.79 Å². The lowest BCUT2D eigenvalue weighted by Crippen LogP contribution is -2.40. The van der Waals surface area contributed by atoms with E-state index in [9.17, 15) is 4.79 Å². The number of nitrogens with zero attached hydrogens (tertiary/aromatic N) is 3. The third-order valence-electron chi connectivity index (χ3n) is 5.11. The third kappa shape index (κ3) is 4.62. The number of fused-ring (bicyclic) bond motifs is 1. The van der Waals surface area contributed by atoms with Crippen LogP contribution >= 0.6 is 23.1 Å². The Morgan fingerprint density at radius 3 is 2.76 bits per heavy atom. The molecule has 0 fully saturated rings. The van der Waals surface area contributed by atoms with E-state index in [0.717, 1.165) is 34.5 Å². The number of amides is 1. The molecule has 0 radical (unpaired) electrons. The Morgan fingerprint density at radius 2 is 1.93 bits per heavy atom. The van der Waals surface area contributed by atoms with E-state index in [-0.39, 0.29) is 11.2 Å². The first-order valence-corrected chi connectivity index (χ1v) is 11.5. The standard InChI is InChI=1S/C22H24N4OS2/c1-3-16-8-6-7-11-19(16)23-21-24-25-22(29-21)28-15(2)20(27)26-13-12-17-9-4-5-10-18(17)14-26/h4-11,15H,3,12-14H2,1-2H3,(H,23,24)/t15-/m0/s1. The van der Waals surface area contributed by atoms with Crippen LogP contribution in [-0.4, -0.2) is 32.8 Å². The molecular formula is C22H24N4OS2. The Balaban J connectivity index is 1.38. The van der Waals surface area contributed by atoms with Crippen LogP contribution in [0.25, 0.3) is 0 Å². The molecule has 1 atom stereocenters. The predicted octanol–water partition coefficient (Wildman–Crippen LogP) is 4.91. The fraction of sp³-hybridized carbons (Fsp3) is 0.318. The zero-order chi connectivity index (χ0) is 20.2. The number of hydrogen-bond acceptors (Lipinski definition) is 6. The molecule has 5 nitrogen and oxygen atoms in total. The molecular weight excluding hydrogens is 400 g/mol. The zero-order valence-corrected chi connectivity index (χ0v) is 18.2. The first-order valence-electron chi connectivity index (χ1n) is 9.84. The van der Waals surface area contributed by atoms with Crippen molar-refractivity contribution in [1.29, 1.82) is 0 Å². The van der Waals surface area contributed by atoms with Crippen molar-refractivity contribution >= 4 is 39.8 Å². The molecule has 3 aromatic rings. The highest BCUT2D eigenvalue weighted by Crippen LogP contribution is 2.32. The van der Waals surface area contributed by atoms with Crippen molar-refractivity contribution in [2.45, 2.75) is 42.8 Å². The molecule has 1 aliphatic heterocycles. The minimum Gasteiger partial charge on any atom is -0.337 e. The number of carbonyl (C=O) groups is 1. The summed E-state index contributed by atoms with van der Waals surface area (Å²) in [6.45, 7) is 5.55. The highest BCUT2D eigenvalue weighted by atomic mass is 32.2. The number of aryl methyl sites for hydroxylation is 1. The largest absolute Gasteiger partial charge is 0.337 e. The topological polar surface area (TPSA) is 58.1 Å². The van der Waals surface area contributed by atoms with Crippen LogP contribution in [0.1, 0.15) is 30.5 Å². The van der Waals surface area contributed by atoms with Gasteiger partial charge in [-0.15, -0.1) is 10.2 Å². The predicted molar refractivity (Wildman–Crippen MR) is 120 cm³/mol. The van der Waals surface area contributed by atoms with E-state index in [0.29, 0.717) is 6.54 Å². The van der Waals surface area contributed by atoms with E-state index in [1.807, 2.05) is 36.1 Å². The van der Waals surface area contributed by atoms with Gasteiger partial charge in [-0.1, -0.05) is 72.5 Å². The van der Waals surface area contributed by atoms with Gasteiger partial charge in [-0.25, -0.2) is 0 Å². The first kappa shape index (κ1) is 19.9. The van der Waals surface area contributed by atoms with Crippen molar-refractivity contribution in [3.8, 4) is 0 Å². The van der Waals surface area contributed by atoms with Gasteiger partial charge >= 0.3 is 0 Å². The van der Waals surface area contributed by atoms with E-state index in [1.165, 1.54) is 39.8 Å². The second kappa shape index (κ2) is 8.97. The summed E-state index contributed by atoms with van der Waals surface area (Å²) in [5, 5.41) is 12.4. The smallest absolute Gasteiger partial charge is 0.236 e. The average Bonchev–Trinajstić information content (AvgIpc) is 3.19. The van der Waals surface area contributed by atoms with E-state index in [4.69, 9.17) is 0 Å². The summed E-state index contributed by atoms with van der Waals surface area (Å²) in [6, 6.07) is 16.6. The fourth-order valence-electron chi connectivity index (χ4n) is 3.52. The molecule has 0 unspecified atom stereocenters. The number of aromatic nitrogens is 2. The molecule has 1 aromatic heterocycles. The second-order valence-corrected chi connectivity index (χ2v) is 9.61. The fourth-order valence-corrected chi connectivity index (χ4v) is 5.51. The average molecular weight is 425 g/mol. The summed E-state index contributed by atoms with van der Waals surface area (Å²) in [5.74, 6) is 0.158. The van der Waals surface area contributed by atoms with Crippen LogP contribution in [0, 0.1) is 0 Å². The minimum atomic E-state index is -0.191. The van der Waals surface area contributed by atoms with Gasteiger partial charge in [0.05, 0.1) is 5.25 Å². The highest BCUT2D eigenvalue weighted by molar-refractivity contribution is 8.02. The summed E-state index contributed by atoms with van der Waals surface area (Å²) in [5.41, 5.74) is 4.90. The molecule has 1 aliphatic rings. The van der Waals surface area contributed by atoms with E-state index < -0.39 is 0 Å². The van der Waals surface area contributed by atoms with Crippen molar-refractivity contribution < 1.29 is 4.79 Å². The van der Waals surface area contributed by atoms with Crippen molar-refractivity contribution in [2.75, 3.05) is 11.9 Å². The number of anilines is 2. The van der Waals surface area contributed by atoms with Crippen LogP contribution in [0.2, 0.25) is 0 Å². The lowest BCUT2D eigenvalue weighted by atomic mass is 10.00. The summed E-state index contributed by atoms with van der Waals surface area (Å²) >= 11 is 2.97. The van der Waals surface area contributed by atoms with Gasteiger partial charge in [0.25, 0.3) is 0 Å². The van der Waals surface area contributed by atoms with Crippen LogP contribution < -0.4 is 5.32 Å². The summed E-state index contributed by atoms with van der Waals surface area (Å²) in [4.78, 5) is 14.9. The number of para-hydroxylation sites is 1. The summed E-state index contributed by atoms with van der Waals surface area (Å²) in [7, 11) is 0. The van der Waals surface area contributed by atoms with Crippen molar-refractivity contribution in [2.24, 2.45) is 0 Å². The number of benzene rings is 2. The number of carbonyl (C=O) groups excluding carboxylic acids is 1. The zero-order valence-electron chi connectivity index (χ0n) is 16.6. The van der Waals surface area contributed by atoms with Crippen molar-refractivity contribution in [3.63, 3.8) is 0 Å². The van der Waals surface area contributed by atoms with Gasteiger partial charge < -0.3 is 10.2 Å². The highest BCUT2D eigenvalue weighted by Gasteiger charge is 2.26. The van der Waals surface area contributed by atoms with Gasteiger partial charge in [0.1, 0.15) is 0 Å². The lowest BCUT2D eigenvalue weighted by Gasteiger charge is -2.30.